The van der Waals surface area contributed by atoms with Gasteiger partial charge in [-0.25, -0.2) is 9.97 Å². The molecule has 0 unspecified atom stereocenters. The summed E-state index contributed by atoms with van der Waals surface area (Å²) in [6, 6.07) is 104. The van der Waals surface area contributed by atoms with Crippen LogP contribution in [0.25, 0.3) is 89.6 Å². The van der Waals surface area contributed by atoms with E-state index < -0.39 is 5.41 Å². The van der Waals surface area contributed by atoms with Gasteiger partial charge in [-0.3, -0.25) is 0 Å². The fourth-order valence-corrected chi connectivity index (χ4v) is 12.7. The zero-order valence-electron chi connectivity index (χ0n) is 43.8. The Balaban J connectivity index is 0.870. The smallest absolute Gasteiger partial charge is 0.227 e. The first-order chi connectivity index (χ1) is 40.1. The number of para-hydroxylation sites is 4. The standard InChI is InChI=1S/C75H48N4O2/c1-3-15-49(16-4-1)51-27-35-55(36-28-51)78(57-39-31-53(32-40-57)73-76-69-23-11-13-25-71(69)80-73)59-43-45-63-64-46-44-60(48-68(64)75(67(63)47-59)65-21-9-7-19-61(65)62-20-8-10-22-66(62)75)79(56-37-29-52(30-38-56)50-17-5-2-6-18-50)58-41-33-54(34-42-58)74-77-70-24-12-14-26-72(70)81-74/h1-48H. The van der Waals surface area contributed by atoms with E-state index in [2.05, 4.69) is 252 Å². The van der Waals surface area contributed by atoms with Crippen LogP contribution < -0.4 is 9.80 Å². The minimum atomic E-state index is -0.664. The second-order valence-electron chi connectivity index (χ2n) is 20.9. The molecule has 0 saturated heterocycles. The molecule has 0 radical (unpaired) electrons. The molecule has 16 rings (SSSR count). The van der Waals surface area contributed by atoms with Gasteiger partial charge in [0.05, 0.1) is 5.41 Å². The first-order valence-corrected chi connectivity index (χ1v) is 27.4. The van der Waals surface area contributed by atoms with Crippen LogP contribution in [0.2, 0.25) is 0 Å². The average Bonchev–Trinajstić information content (AvgIpc) is 2.36. The van der Waals surface area contributed by atoms with Crippen LogP contribution >= 0.6 is 0 Å². The number of anilines is 6. The number of rotatable bonds is 10. The van der Waals surface area contributed by atoms with E-state index in [9.17, 15) is 0 Å². The fourth-order valence-electron chi connectivity index (χ4n) is 12.7. The van der Waals surface area contributed by atoms with Crippen LogP contribution in [0.4, 0.5) is 34.1 Å². The molecule has 0 bridgehead atoms. The van der Waals surface area contributed by atoms with Crippen LogP contribution in [0.1, 0.15) is 22.3 Å². The monoisotopic (exact) mass is 1040 g/mol. The Hall–Kier alpha value is -10.8. The molecule has 0 aliphatic heterocycles. The molecule has 2 aliphatic carbocycles. The summed E-state index contributed by atoms with van der Waals surface area (Å²) >= 11 is 0. The first-order valence-electron chi connectivity index (χ1n) is 27.4. The van der Waals surface area contributed by atoms with Crippen molar-refractivity contribution in [2.45, 2.75) is 5.41 Å². The van der Waals surface area contributed by atoms with Gasteiger partial charge in [0.25, 0.3) is 0 Å². The van der Waals surface area contributed by atoms with Gasteiger partial charge in [0, 0.05) is 45.3 Å². The van der Waals surface area contributed by atoms with Crippen molar-refractivity contribution in [3.8, 4) is 67.4 Å². The van der Waals surface area contributed by atoms with Gasteiger partial charge in [-0.2, -0.15) is 0 Å². The molecule has 0 fully saturated rings. The topological polar surface area (TPSA) is 58.5 Å². The first kappa shape index (κ1) is 46.3. The maximum atomic E-state index is 6.26. The molecule has 1 spiro atoms. The predicted molar refractivity (Wildman–Crippen MR) is 329 cm³/mol. The lowest BCUT2D eigenvalue weighted by atomic mass is 9.70. The summed E-state index contributed by atoms with van der Waals surface area (Å²) in [5.74, 6) is 1.19. The van der Waals surface area contributed by atoms with Crippen LogP contribution in [0.5, 0.6) is 0 Å². The van der Waals surface area contributed by atoms with Crippen LogP contribution in [0, 0.1) is 0 Å². The maximum absolute atomic E-state index is 6.26. The summed E-state index contributed by atoms with van der Waals surface area (Å²) in [6.07, 6.45) is 0. The molecule has 0 amide bonds. The lowest BCUT2D eigenvalue weighted by Gasteiger charge is -2.33. The molecule has 81 heavy (non-hydrogen) atoms. The van der Waals surface area contributed by atoms with Crippen molar-refractivity contribution < 1.29 is 8.83 Å². The number of nitrogens with zero attached hydrogens (tertiary/aromatic N) is 4. The van der Waals surface area contributed by atoms with Gasteiger partial charge in [-0.05, 0) is 188 Å². The summed E-state index contributed by atoms with van der Waals surface area (Å²) in [5, 5.41) is 0. The van der Waals surface area contributed by atoms with E-state index in [1.165, 1.54) is 55.6 Å². The van der Waals surface area contributed by atoms with Crippen molar-refractivity contribution in [1.82, 2.24) is 9.97 Å². The number of hydrogen-bond donors (Lipinski definition) is 0. The highest BCUT2D eigenvalue weighted by molar-refractivity contribution is 5.98. The minimum Gasteiger partial charge on any atom is -0.436 e. The van der Waals surface area contributed by atoms with Crippen molar-refractivity contribution in [2.24, 2.45) is 0 Å². The van der Waals surface area contributed by atoms with Crippen molar-refractivity contribution in [3.05, 3.63) is 313 Å². The van der Waals surface area contributed by atoms with Gasteiger partial charge in [0.2, 0.25) is 11.8 Å². The Kier molecular flexibility index (Phi) is 10.7. The van der Waals surface area contributed by atoms with Crippen LogP contribution in [0.3, 0.4) is 0 Å². The molecule has 0 saturated carbocycles. The fraction of sp³-hybridized carbons (Fsp3) is 0.0133. The Morgan fingerprint density at radius 3 is 0.951 bits per heavy atom. The quantitative estimate of drug-likeness (QED) is 0.136. The highest BCUT2D eigenvalue weighted by atomic mass is 16.4. The molecule has 0 atom stereocenters. The van der Waals surface area contributed by atoms with Crippen molar-refractivity contribution in [3.63, 3.8) is 0 Å². The number of oxazole rings is 2. The van der Waals surface area contributed by atoms with Gasteiger partial charge in [0.1, 0.15) is 11.0 Å². The highest BCUT2D eigenvalue weighted by Crippen LogP contribution is 2.64. The van der Waals surface area contributed by atoms with Gasteiger partial charge in [-0.1, -0.05) is 170 Å². The molecule has 14 aromatic rings. The van der Waals surface area contributed by atoms with E-state index in [0.29, 0.717) is 11.8 Å². The number of benzene rings is 12. The van der Waals surface area contributed by atoms with Crippen molar-refractivity contribution in [2.75, 3.05) is 9.80 Å². The third-order valence-electron chi connectivity index (χ3n) is 16.4. The largest absolute Gasteiger partial charge is 0.436 e. The zero-order chi connectivity index (χ0) is 53.4. The Labute approximate surface area is 468 Å². The molecule has 0 N–H and O–H groups in total. The summed E-state index contributed by atoms with van der Waals surface area (Å²) in [5.41, 5.74) is 25.1. The summed E-state index contributed by atoms with van der Waals surface area (Å²) < 4.78 is 12.5. The molecule has 2 aliphatic rings. The normalized spacial score (nSPS) is 12.5. The van der Waals surface area contributed by atoms with E-state index in [1.54, 1.807) is 0 Å². The predicted octanol–water partition coefficient (Wildman–Crippen LogP) is 19.9. The lowest BCUT2D eigenvalue weighted by Crippen LogP contribution is -2.26. The molecule has 6 nitrogen and oxygen atoms in total. The summed E-state index contributed by atoms with van der Waals surface area (Å²) in [7, 11) is 0. The molecule has 2 heterocycles. The summed E-state index contributed by atoms with van der Waals surface area (Å²) in [6.45, 7) is 0. The molecular formula is C75H48N4O2. The third kappa shape index (κ3) is 7.56. The van der Waals surface area contributed by atoms with Gasteiger partial charge < -0.3 is 18.6 Å². The third-order valence-corrected chi connectivity index (χ3v) is 16.4. The molecule has 6 heteroatoms. The SMILES string of the molecule is c1ccc(-c2ccc(N(c3ccc(-c4nc5ccccc5o4)cc3)c3ccc4c(c3)C3(c5ccccc5-c5ccccc53)c3cc(N(c5ccc(-c6ccccc6)cc5)c5ccc(-c6nc7ccccc7o6)cc5)ccc3-4)cc2)cc1. The number of hydrogen-bond acceptors (Lipinski definition) is 6. The van der Waals surface area contributed by atoms with E-state index >= 15 is 0 Å². The second-order valence-corrected chi connectivity index (χ2v) is 20.9. The van der Waals surface area contributed by atoms with Crippen molar-refractivity contribution >= 4 is 56.3 Å². The highest BCUT2D eigenvalue weighted by Gasteiger charge is 2.52. The molecule has 2 aromatic heterocycles. The maximum Gasteiger partial charge on any atom is 0.227 e. The van der Waals surface area contributed by atoms with Gasteiger partial charge in [-0.15, -0.1) is 0 Å². The Morgan fingerprint density at radius 1 is 0.247 bits per heavy atom. The minimum absolute atomic E-state index is 0.594. The Bertz CT molecular complexity index is 4310. The van der Waals surface area contributed by atoms with Crippen LogP contribution in [-0.2, 0) is 5.41 Å². The van der Waals surface area contributed by atoms with Crippen LogP contribution in [0.15, 0.2) is 300 Å². The molecular weight excluding hydrogens is 989 g/mol. The van der Waals surface area contributed by atoms with Gasteiger partial charge in [0.15, 0.2) is 11.2 Å². The zero-order valence-corrected chi connectivity index (χ0v) is 43.8. The van der Waals surface area contributed by atoms with Crippen molar-refractivity contribution in [1.29, 1.82) is 0 Å². The Morgan fingerprint density at radius 2 is 0.556 bits per heavy atom. The molecule has 12 aromatic carbocycles. The lowest BCUT2D eigenvalue weighted by molar-refractivity contribution is 0.619. The van der Waals surface area contributed by atoms with E-state index in [1.807, 2.05) is 48.5 Å². The van der Waals surface area contributed by atoms with Crippen LogP contribution in [-0.4, -0.2) is 9.97 Å². The average molecular weight is 1040 g/mol. The number of aromatic nitrogens is 2. The van der Waals surface area contributed by atoms with E-state index in [4.69, 9.17) is 18.8 Å². The second kappa shape index (κ2) is 18.7. The molecule has 380 valence electrons. The number of fused-ring (bicyclic) bond motifs is 12. The van der Waals surface area contributed by atoms with E-state index in [0.717, 1.165) is 78.6 Å². The van der Waals surface area contributed by atoms with E-state index in [-0.39, 0.29) is 0 Å². The van der Waals surface area contributed by atoms with Gasteiger partial charge >= 0.3 is 0 Å². The summed E-state index contributed by atoms with van der Waals surface area (Å²) in [4.78, 5) is 14.5.